The molecule has 0 aliphatic heterocycles. The molecule has 0 fully saturated rings. The van der Waals surface area contributed by atoms with Crippen LogP contribution < -0.4 is 0 Å². The molecule has 1 unspecified atom stereocenters. The van der Waals surface area contributed by atoms with Crippen molar-refractivity contribution in [1.29, 1.82) is 0 Å². The van der Waals surface area contributed by atoms with Crippen molar-refractivity contribution < 1.29 is 14.6 Å². The SMILES string of the molecule is COCC(C)n1ccc(C(=O)O)c1. The lowest BCUT2D eigenvalue weighted by atomic mass is 10.3. The summed E-state index contributed by atoms with van der Waals surface area (Å²) in [5.41, 5.74) is 0.308. The number of hydrogen-bond donors (Lipinski definition) is 1. The Morgan fingerprint density at radius 2 is 2.46 bits per heavy atom. The molecule has 72 valence electrons. The lowest BCUT2D eigenvalue weighted by molar-refractivity contribution is 0.0696. The molecule has 1 rings (SSSR count). The van der Waals surface area contributed by atoms with Crippen molar-refractivity contribution in [2.45, 2.75) is 13.0 Å². The number of aromatic carboxylic acids is 1. The summed E-state index contributed by atoms with van der Waals surface area (Å²) in [5, 5.41) is 8.67. The lowest BCUT2D eigenvalue weighted by Crippen LogP contribution is -2.09. The summed E-state index contributed by atoms with van der Waals surface area (Å²) in [4.78, 5) is 10.6. The van der Waals surface area contributed by atoms with E-state index in [1.165, 1.54) is 0 Å². The first-order valence-corrected chi connectivity index (χ1v) is 4.05. The second kappa shape index (κ2) is 4.09. The first kappa shape index (κ1) is 9.80. The van der Waals surface area contributed by atoms with Gasteiger partial charge in [-0.15, -0.1) is 0 Å². The maximum atomic E-state index is 10.6. The molecule has 4 nitrogen and oxygen atoms in total. The Labute approximate surface area is 76.7 Å². The molecule has 1 atom stereocenters. The third kappa shape index (κ3) is 2.32. The van der Waals surface area contributed by atoms with Gasteiger partial charge in [-0.05, 0) is 13.0 Å². The number of carboxylic acid groups (broad SMARTS) is 1. The maximum absolute atomic E-state index is 10.6. The van der Waals surface area contributed by atoms with Crippen molar-refractivity contribution in [3.8, 4) is 0 Å². The van der Waals surface area contributed by atoms with Crippen molar-refractivity contribution in [1.82, 2.24) is 4.57 Å². The Balaban J connectivity index is 2.73. The van der Waals surface area contributed by atoms with E-state index in [1.807, 2.05) is 11.5 Å². The summed E-state index contributed by atoms with van der Waals surface area (Å²) < 4.78 is 6.79. The van der Waals surface area contributed by atoms with Gasteiger partial charge in [0.15, 0.2) is 0 Å². The van der Waals surface area contributed by atoms with Crippen LogP contribution in [0.3, 0.4) is 0 Å². The Kier molecular flexibility index (Phi) is 3.08. The van der Waals surface area contributed by atoms with Crippen LogP contribution in [-0.2, 0) is 4.74 Å². The van der Waals surface area contributed by atoms with Gasteiger partial charge >= 0.3 is 5.97 Å². The van der Waals surface area contributed by atoms with Gasteiger partial charge in [-0.1, -0.05) is 0 Å². The molecule has 0 spiro atoms. The van der Waals surface area contributed by atoms with Crippen LogP contribution in [-0.4, -0.2) is 29.4 Å². The normalized spacial score (nSPS) is 12.8. The van der Waals surface area contributed by atoms with Gasteiger partial charge in [0.25, 0.3) is 0 Å². The van der Waals surface area contributed by atoms with Crippen LogP contribution in [0.5, 0.6) is 0 Å². The van der Waals surface area contributed by atoms with E-state index in [-0.39, 0.29) is 6.04 Å². The number of methoxy groups -OCH3 is 1. The van der Waals surface area contributed by atoms with Crippen LogP contribution in [0.1, 0.15) is 23.3 Å². The van der Waals surface area contributed by atoms with Gasteiger partial charge in [-0.2, -0.15) is 0 Å². The van der Waals surface area contributed by atoms with Gasteiger partial charge in [0.2, 0.25) is 0 Å². The number of hydrogen-bond acceptors (Lipinski definition) is 2. The molecule has 13 heavy (non-hydrogen) atoms. The average Bonchev–Trinajstić information content (AvgIpc) is 2.52. The smallest absolute Gasteiger partial charge is 0.337 e. The van der Waals surface area contributed by atoms with Gasteiger partial charge in [-0.25, -0.2) is 4.79 Å². The lowest BCUT2D eigenvalue weighted by Gasteiger charge is -2.11. The van der Waals surface area contributed by atoms with Crippen LogP contribution in [0.15, 0.2) is 18.5 Å². The van der Waals surface area contributed by atoms with Crippen molar-refractivity contribution in [2.24, 2.45) is 0 Å². The zero-order chi connectivity index (χ0) is 9.84. The summed E-state index contributed by atoms with van der Waals surface area (Å²) in [6.07, 6.45) is 3.35. The van der Waals surface area contributed by atoms with Crippen LogP contribution >= 0.6 is 0 Å². The third-order valence-electron chi connectivity index (χ3n) is 1.88. The minimum atomic E-state index is -0.900. The van der Waals surface area contributed by atoms with E-state index in [0.717, 1.165) is 0 Å². The summed E-state index contributed by atoms with van der Waals surface area (Å²) in [5.74, 6) is -0.900. The van der Waals surface area contributed by atoms with E-state index in [0.29, 0.717) is 12.2 Å². The van der Waals surface area contributed by atoms with E-state index in [4.69, 9.17) is 9.84 Å². The van der Waals surface area contributed by atoms with Crippen LogP contribution in [0.4, 0.5) is 0 Å². The molecule has 0 radical (unpaired) electrons. The van der Waals surface area contributed by atoms with E-state index in [1.54, 1.807) is 25.6 Å². The molecule has 0 saturated carbocycles. The minimum Gasteiger partial charge on any atom is -0.478 e. The zero-order valence-electron chi connectivity index (χ0n) is 7.73. The topological polar surface area (TPSA) is 51.5 Å². The second-order valence-electron chi connectivity index (χ2n) is 2.96. The largest absolute Gasteiger partial charge is 0.478 e. The highest BCUT2D eigenvalue weighted by Gasteiger charge is 2.08. The molecule has 0 bridgehead atoms. The Hall–Kier alpha value is -1.29. The highest BCUT2D eigenvalue weighted by atomic mass is 16.5. The number of carbonyl (C=O) groups is 1. The molecule has 0 amide bonds. The molecule has 0 aliphatic rings. The Bertz CT molecular complexity index is 293. The molecule has 1 aromatic rings. The van der Waals surface area contributed by atoms with Crippen LogP contribution in [0.2, 0.25) is 0 Å². The quantitative estimate of drug-likeness (QED) is 0.767. The predicted octanol–water partition coefficient (Wildman–Crippen LogP) is 1.39. The minimum absolute atomic E-state index is 0.165. The number of carboxylic acids is 1. The molecular formula is C9H13NO3. The van der Waals surface area contributed by atoms with Crippen molar-refractivity contribution in [3.05, 3.63) is 24.0 Å². The Morgan fingerprint density at radius 3 is 2.92 bits per heavy atom. The molecule has 1 N–H and O–H groups in total. The zero-order valence-corrected chi connectivity index (χ0v) is 7.73. The van der Waals surface area contributed by atoms with Crippen molar-refractivity contribution in [2.75, 3.05) is 13.7 Å². The van der Waals surface area contributed by atoms with Gasteiger partial charge in [-0.3, -0.25) is 0 Å². The monoisotopic (exact) mass is 183 g/mol. The summed E-state index contributed by atoms with van der Waals surface area (Å²) in [6, 6.07) is 1.74. The van der Waals surface area contributed by atoms with Crippen LogP contribution in [0.25, 0.3) is 0 Å². The summed E-state index contributed by atoms with van der Waals surface area (Å²) in [7, 11) is 1.62. The molecular weight excluding hydrogens is 170 g/mol. The summed E-state index contributed by atoms with van der Waals surface area (Å²) in [6.45, 7) is 2.54. The average molecular weight is 183 g/mol. The maximum Gasteiger partial charge on any atom is 0.337 e. The van der Waals surface area contributed by atoms with Crippen LogP contribution in [0, 0.1) is 0 Å². The van der Waals surface area contributed by atoms with Gasteiger partial charge in [0, 0.05) is 19.5 Å². The van der Waals surface area contributed by atoms with E-state index >= 15 is 0 Å². The standard InChI is InChI=1S/C9H13NO3/c1-7(6-13-2)10-4-3-8(5-10)9(11)12/h3-5,7H,6H2,1-2H3,(H,11,12). The first-order valence-electron chi connectivity index (χ1n) is 4.05. The molecule has 0 aliphatic carbocycles. The number of ether oxygens (including phenoxy) is 1. The number of aromatic nitrogens is 1. The first-order chi connectivity index (χ1) is 6.15. The Morgan fingerprint density at radius 1 is 1.77 bits per heavy atom. The third-order valence-corrected chi connectivity index (χ3v) is 1.88. The molecule has 0 saturated heterocycles. The highest BCUT2D eigenvalue weighted by Crippen LogP contribution is 2.09. The fourth-order valence-electron chi connectivity index (χ4n) is 1.14. The number of rotatable bonds is 4. The van der Waals surface area contributed by atoms with Gasteiger partial charge < -0.3 is 14.4 Å². The van der Waals surface area contributed by atoms with Gasteiger partial charge in [0.1, 0.15) is 0 Å². The van der Waals surface area contributed by atoms with E-state index in [2.05, 4.69) is 0 Å². The fraction of sp³-hybridized carbons (Fsp3) is 0.444. The number of nitrogens with zero attached hydrogens (tertiary/aromatic N) is 1. The second-order valence-corrected chi connectivity index (χ2v) is 2.96. The molecule has 4 heteroatoms. The molecule has 1 heterocycles. The summed E-state index contributed by atoms with van der Waals surface area (Å²) >= 11 is 0. The highest BCUT2D eigenvalue weighted by molar-refractivity contribution is 5.87. The molecule has 0 aromatic carbocycles. The van der Waals surface area contributed by atoms with Crippen molar-refractivity contribution >= 4 is 5.97 Å². The molecule has 1 aromatic heterocycles. The fourth-order valence-corrected chi connectivity index (χ4v) is 1.14. The van der Waals surface area contributed by atoms with E-state index < -0.39 is 5.97 Å². The van der Waals surface area contributed by atoms with Gasteiger partial charge in [0.05, 0.1) is 18.2 Å². The predicted molar refractivity (Wildman–Crippen MR) is 48.0 cm³/mol. The van der Waals surface area contributed by atoms with E-state index in [9.17, 15) is 4.79 Å². The van der Waals surface area contributed by atoms with Crippen molar-refractivity contribution in [3.63, 3.8) is 0 Å².